The van der Waals surface area contributed by atoms with Crippen molar-refractivity contribution in [1.82, 2.24) is 40.8 Å². The summed E-state index contributed by atoms with van der Waals surface area (Å²) < 4.78 is 9.54. The Kier molecular flexibility index (Phi) is 11.4. The Hall–Kier alpha value is -5.66. The Labute approximate surface area is 333 Å². The van der Waals surface area contributed by atoms with Crippen molar-refractivity contribution < 1.29 is 28.7 Å². The standard InChI is InChI=1S/C43H54N8O6/c1-26(2)34(49-40(54)56-4)39(53)51-23-9-12-32(51)37-44-24-31(47-37)28-13-15-30(16-14-28)42-17-20-43(21-18-42,22-19-42)33-25-45-36(48-33)27(3)46-38(52)35(50-41(55)57-5)29-10-7-6-8-11-29/h6-8,10-11,13-16,24-27,32,34-35H,9,12,17-23H2,1-5H3,(H,44,47)(H,45,48)(H,46,52)(H,49,54)(H,50,55)/t27-,32-,34-,35+,42?,43?/m0/s1. The second-order valence-electron chi connectivity index (χ2n) is 16.3. The molecule has 302 valence electrons. The number of ether oxygens (including phenoxy) is 2. The minimum Gasteiger partial charge on any atom is -0.453 e. The molecule has 3 aliphatic carbocycles. The Bertz CT molecular complexity index is 2040. The predicted octanol–water partition coefficient (Wildman–Crippen LogP) is 6.66. The van der Waals surface area contributed by atoms with Crippen LogP contribution in [0.5, 0.6) is 0 Å². The molecule has 1 saturated heterocycles. The average molecular weight is 779 g/mol. The largest absolute Gasteiger partial charge is 0.453 e. The van der Waals surface area contributed by atoms with Crippen LogP contribution in [0.15, 0.2) is 67.0 Å². The van der Waals surface area contributed by atoms with Crippen LogP contribution in [0.4, 0.5) is 9.59 Å². The van der Waals surface area contributed by atoms with Crippen LogP contribution in [0.2, 0.25) is 0 Å². The number of H-pyrrole nitrogens is 2. The normalized spacial score (nSPS) is 23.1. The molecule has 3 saturated carbocycles. The first-order valence-corrected chi connectivity index (χ1v) is 20.0. The number of nitrogens with one attached hydrogen (secondary N) is 5. The summed E-state index contributed by atoms with van der Waals surface area (Å²) >= 11 is 0. The number of amides is 4. The molecule has 1 aliphatic heterocycles. The molecule has 5 N–H and O–H groups in total. The first-order chi connectivity index (χ1) is 27.5. The van der Waals surface area contributed by atoms with Crippen LogP contribution in [0.1, 0.15) is 119 Å². The van der Waals surface area contributed by atoms with Gasteiger partial charge in [0.25, 0.3) is 0 Å². The van der Waals surface area contributed by atoms with Crippen LogP contribution in [-0.4, -0.2) is 75.6 Å². The lowest BCUT2D eigenvalue weighted by Gasteiger charge is -2.53. The highest BCUT2D eigenvalue weighted by Gasteiger charge is 2.51. The molecule has 0 radical (unpaired) electrons. The Morgan fingerprint density at radius 1 is 0.789 bits per heavy atom. The van der Waals surface area contributed by atoms with Crippen molar-refractivity contribution in [2.75, 3.05) is 20.8 Å². The van der Waals surface area contributed by atoms with Crippen LogP contribution in [0.3, 0.4) is 0 Å². The van der Waals surface area contributed by atoms with E-state index in [0.29, 0.717) is 17.9 Å². The maximum absolute atomic E-state index is 13.6. The summed E-state index contributed by atoms with van der Waals surface area (Å²) in [5, 5.41) is 8.37. The zero-order valence-corrected chi connectivity index (χ0v) is 33.4. The van der Waals surface area contributed by atoms with E-state index in [1.807, 2.05) is 56.3 Å². The van der Waals surface area contributed by atoms with E-state index < -0.39 is 30.3 Å². The number of carbonyl (C=O) groups is 4. The molecular weight excluding hydrogens is 725 g/mol. The quantitative estimate of drug-likeness (QED) is 0.106. The topological polar surface area (TPSA) is 183 Å². The fourth-order valence-electron chi connectivity index (χ4n) is 9.19. The number of rotatable bonds is 12. The monoisotopic (exact) mass is 778 g/mol. The number of aromatic amines is 2. The second-order valence-corrected chi connectivity index (χ2v) is 16.3. The van der Waals surface area contributed by atoms with Gasteiger partial charge >= 0.3 is 12.2 Å². The van der Waals surface area contributed by atoms with E-state index in [2.05, 4.69) is 50.2 Å². The SMILES string of the molecule is COC(=O)N[C@H](C(=O)N1CCC[C@H]1c1ncc(-c2ccc(C34CCC(c5cnc([C@H](C)NC(=O)[C@H](NC(=O)OC)c6ccccc6)[nH]5)(CC3)CC4)cc2)[nH]1)C(C)C. The molecule has 14 heteroatoms. The Morgan fingerprint density at radius 2 is 1.44 bits per heavy atom. The lowest BCUT2D eigenvalue weighted by molar-refractivity contribution is -0.135. The summed E-state index contributed by atoms with van der Waals surface area (Å²) in [4.78, 5) is 69.4. The summed E-state index contributed by atoms with van der Waals surface area (Å²) in [5.74, 6) is 0.854. The number of fused-ring (bicyclic) bond motifs is 3. The molecule has 4 aromatic rings. The number of likely N-dealkylation sites (tertiary alicyclic amines) is 1. The molecule has 14 nitrogen and oxygen atoms in total. The molecular formula is C43H54N8O6. The highest BCUT2D eigenvalue weighted by atomic mass is 16.5. The van der Waals surface area contributed by atoms with Gasteiger partial charge < -0.3 is 40.3 Å². The molecule has 4 amide bonds. The molecule has 3 heterocycles. The fourth-order valence-corrected chi connectivity index (χ4v) is 9.19. The van der Waals surface area contributed by atoms with Gasteiger partial charge in [-0.15, -0.1) is 0 Å². The van der Waals surface area contributed by atoms with Gasteiger partial charge in [-0.2, -0.15) is 0 Å². The van der Waals surface area contributed by atoms with Crippen LogP contribution >= 0.6 is 0 Å². The van der Waals surface area contributed by atoms with Gasteiger partial charge in [-0.05, 0) is 86.3 Å². The van der Waals surface area contributed by atoms with Gasteiger partial charge in [-0.25, -0.2) is 19.6 Å². The number of aromatic nitrogens is 4. The van der Waals surface area contributed by atoms with Gasteiger partial charge in [0.1, 0.15) is 23.7 Å². The van der Waals surface area contributed by atoms with Gasteiger partial charge in [0.15, 0.2) is 0 Å². The average Bonchev–Trinajstić information content (AvgIpc) is 4.05. The van der Waals surface area contributed by atoms with E-state index >= 15 is 0 Å². The smallest absolute Gasteiger partial charge is 0.407 e. The number of carbonyl (C=O) groups excluding carboxylic acids is 4. The van der Waals surface area contributed by atoms with Crippen LogP contribution < -0.4 is 16.0 Å². The van der Waals surface area contributed by atoms with Gasteiger partial charge in [0.05, 0.1) is 38.2 Å². The number of nitrogens with zero attached hydrogens (tertiary/aromatic N) is 3. The van der Waals surface area contributed by atoms with Gasteiger partial charge in [-0.1, -0.05) is 68.4 Å². The number of alkyl carbamates (subject to hydrolysis) is 2. The van der Waals surface area contributed by atoms with E-state index in [0.717, 1.165) is 74.1 Å². The van der Waals surface area contributed by atoms with Crippen molar-refractivity contribution in [3.63, 3.8) is 0 Å². The van der Waals surface area contributed by atoms with Crippen molar-refractivity contribution in [2.24, 2.45) is 5.92 Å². The summed E-state index contributed by atoms with van der Waals surface area (Å²) in [5.41, 5.74) is 5.22. The number of hydrogen-bond donors (Lipinski definition) is 5. The van der Waals surface area contributed by atoms with Crippen LogP contribution in [0.25, 0.3) is 11.3 Å². The molecule has 2 bridgehead atoms. The van der Waals surface area contributed by atoms with Crippen molar-refractivity contribution in [1.29, 1.82) is 0 Å². The summed E-state index contributed by atoms with van der Waals surface area (Å²) in [6.45, 7) is 6.32. The lowest BCUT2D eigenvalue weighted by Crippen LogP contribution is -2.51. The van der Waals surface area contributed by atoms with Crippen molar-refractivity contribution in [2.45, 2.75) is 107 Å². The Morgan fingerprint density at radius 3 is 2.09 bits per heavy atom. The fraction of sp³-hybridized carbons (Fsp3) is 0.488. The molecule has 8 rings (SSSR count). The van der Waals surface area contributed by atoms with Crippen molar-refractivity contribution in [3.05, 3.63) is 95.5 Å². The lowest BCUT2D eigenvalue weighted by atomic mass is 9.51. The van der Waals surface area contributed by atoms with E-state index in [1.165, 1.54) is 19.8 Å². The number of hydrogen-bond acceptors (Lipinski definition) is 8. The third-order valence-electron chi connectivity index (χ3n) is 12.7. The molecule has 4 fully saturated rings. The molecule has 4 atom stereocenters. The summed E-state index contributed by atoms with van der Waals surface area (Å²) in [6.07, 6.45) is 10.5. The Balaban J connectivity index is 0.977. The molecule has 4 aliphatic rings. The van der Waals surface area contributed by atoms with Crippen molar-refractivity contribution in [3.8, 4) is 11.3 Å². The first-order valence-electron chi connectivity index (χ1n) is 20.0. The zero-order chi connectivity index (χ0) is 40.3. The van der Waals surface area contributed by atoms with Gasteiger partial charge in [0.2, 0.25) is 11.8 Å². The number of imidazole rings is 2. The highest BCUT2D eigenvalue weighted by molar-refractivity contribution is 5.87. The molecule has 0 unspecified atom stereocenters. The van der Waals surface area contributed by atoms with E-state index in [1.54, 1.807) is 12.1 Å². The predicted molar refractivity (Wildman–Crippen MR) is 213 cm³/mol. The minimum absolute atomic E-state index is 0.0159. The highest BCUT2D eigenvalue weighted by Crippen LogP contribution is 2.58. The molecule has 2 aromatic heterocycles. The minimum atomic E-state index is -0.910. The summed E-state index contributed by atoms with van der Waals surface area (Å²) in [7, 11) is 2.57. The maximum Gasteiger partial charge on any atom is 0.407 e. The van der Waals surface area contributed by atoms with Gasteiger partial charge in [0, 0.05) is 23.9 Å². The first kappa shape index (κ1) is 39.6. The second kappa shape index (κ2) is 16.4. The van der Waals surface area contributed by atoms with Crippen LogP contribution in [-0.2, 0) is 29.9 Å². The van der Waals surface area contributed by atoms with E-state index in [9.17, 15) is 19.2 Å². The van der Waals surface area contributed by atoms with Crippen molar-refractivity contribution >= 4 is 24.0 Å². The molecule has 57 heavy (non-hydrogen) atoms. The third kappa shape index (κ3) is 7.99. The zero-order valence-electron chi connectivity index (χ0n) is 33.4. The maximum atomic E-state index is 13.6. The van der Waals surface area contributed by atoms with Crippen LogP contribution in [0, 0.1) is 5.92 Å². The summed E-state index contributed by atoms with van der Waals surface area (Å²) in [6, 6.07) is 15.8. The van der Waals surface area contributed by atoms with E-state index in [4.69, 9.17) is 19.4 Å². The molecule has 2 aromatic carbocycles. The number of methoxy groups -OCH3 is 2. The number of benzene rings is 2. The van der Waals surface area contributed by atoms with E-state index in [-0.39, 0.29) is 34.6 Å². The molecule has 0 spiro atoms. The van der Waals surface area contributed by atoms with Gasteiger partial charge in [-0.3, -0.25) is 9.59 Å². The third-order valence-corrected chi connectivity index (χ3v) is 12.7.